The molecule has 1 aromatic carbocycles. The Labute approximate surface area is 179 Å². The molecule has 0 aliphatic heterocycles. The maximum atomic E-state index is 12.8. The number of carbonyl (C=O) groups excluding carboxylic acids is 1. The second kappa shape index (κ2) is 9.62. The Morgan fingerprint density at radius 2 is 1.77 bits per heavy atom. The van der Waals surface area contributed by atoms with Crippen molar-refractivity contribution in [1.29, 1.82) is 0 Å². The molecule has 30 heavy (non-hydrogen) atoms. The van der Waals surface area contributed by atoms with Gasteiger partial charge in [-0.25, -0.2) is 0 Å². The van der Waals surface area contributed by atoms with E-state index in [-0.39, 0.29) is 35.8 Å². The number of hydrogen-bond acceptors (Lipinski definition) is 5. The molecule has 0 fully saturated rings. The zero-order valence-corrected chi connectivity index (χ0v) is 20.0. The van der Waals surface area contributed by atoms with Gasteiger partial charge >= 0.3 is 0 Å². The lowest BCUT2D eigenvalue weighted by atomic mass is 10.2. The normalized spacial score (nSPS) is 12.1. The molecule has 0 aliphatic carbocycles. The fourth-order valence-corrected chi connectivity index (χ4v) is 3.35. The van der Waals surface area contributed by atoms with Crippen molar-refractivity contribution in [3.63, 3.8) is 0 Å². The molecule has 0 atom stereocenters. The van der Waals surface area contributed by atoms with Crippen molar-refractivity contribution in [1.82, 2.24) is 5.32 Å². The van der Waals surface area contributed by atoms with Crippen LogP contribution in [-0.2, 0) is 17.6 Å². The third kappa shape index (κ3) is 6.31. The van der Waals surface area contributed by atoms with E-state index < -0.39 is 19.7 Å². The van der Waals surface area contributed by atoms with Crippen molar-refractivity contribution in [2.24, 2.45) is 0 Å². The van der Waals surface area contributed by atoms with Crippen LogP contribution < -0.4 is 15.5 Å². The molecule has 2 rings (SSSR count). The van der Waals surface area contributed by atoms with Crippen LogP contribution in [0.15, 0.2) is 45.6 Å². The Kier molecular flexibility index (Phi) is 7.66. The Balaban J connectivity index is 2.32. The first-order valence-corrected chi connectivity index (χ1v) is 13.1. The molecular weight excluding hydrogens is 398 g/mol. The van der Waals surface area contributed by atoms with Crippen molar-refractivity contribution in [2.75, 3.05) is 0 Å². The van der Waals surface area contributed by atoms with Crippen LogP contribution in [0, 0.1) is 0 Å². The van der Waals surface area contributed by atoms with Crippen molar-refractivity contribution in [3.05, 3.63) is 63.7 Å². The van der Waals surface area contributed by atoms with Crippen LogP contribution in [0.3, 0.4) is 0 Å². The molecule has 0 aliphatic rings. The topological polar surface area (TPSA) is 77.8 Å². The van der Waals surface area contributed by atoms with Crippen LogP contribution in [0.1, 0.15) is 56.5 Å². The van der Waals surface area contributed by atoms with Gasteiger partial charge < -0.3 is 18.9 Å². The first-order valence-electron chi connectivity index (χ1n) is 10.2. The molecule has 7 heteroatoms. The highest BCUT2D eigenvalue weighted by Crippen LogP contribution is 2.37. The zero-order chi connectivity index (χ0) is 22.5. The molecular formula is C23H33NO5Si. The Bertz CT molecular complexity index is 913. The summed E-state index contributed by atoms with van der Waals surface area (Å²) in [6, 6.07) is 10.7. The molecule has 0 spiro atoms. The van der Waals surface area contributed by atoms with E-state index in [2.05, 4.69) is 39.2 Å². The number of ether oxygens (including phenoxy) is 1. The second-order valence-electron chi connectivity index (χ2n) is 9.19. The maximum Gasteiger partial charge on any atom is 0.291 e. The largest absolute Gasteiger partial charge is 0.481 e. The van der Waals surface area contributed by atoms with E-state index in [9.17, 15) is 9.59 Å². The number of rotatable bonds is 8. The molecule has 0 radical (unpaired) electrons. The Hall–Kier alpha value is -2.38. The van der Waals surface area contributed by atoms with Gasteiger partial charge in [-0.2, -0.15) is 0 Å². The quantitative estimate of drug-likeness (QED) is 0.603. The monoisotopic (exact) mass is 431 g/mol. The summed E-state index contributed by atoms with van der Waals surface area (Å²) in [7, 11) is -2.04. The van der Waals surface area contributed by atoms with Gasteiger partial charge in [-0.05, 0) is 37.5 Å². The van der Waals surface area contributed by atoms with Gasteiger partial charge in [0, 0.05) is 12.1 Å². The molecule has 1 amide bonds. The lowest BCUT2D eigenvalue weighted by molar-refractivity contribution is 0.0897. The SMILES string of the molecule is CC(C)NC(=O)c1oc(CO[Si](C)(C)C(C)(C)C)cc(=O)c1OCc1ccccc1. The molecule has 1 N–H and O–H groups in total. The van der Waals surface area contributed by atoms with Gasteiger partial charge in [-0.1, -0.05) is 51.1 Å². The van der Waals surface area contributed by atoms with Crippen LogP contribution in [0.2, 0.25) is 18.1 Å². The number of carbonyl (C=O) groups is 1. The van der Waals surface area contributed by atoms with Crippen molar-refractivity contribution in [3.8, 4) is 5.75 Å². The number of hydrogen-bond donors (Lipinski definition) is 1. The molecule has 1 aromatic heterocycles. The second-order valence-corrected chi connectivity index (χ2v) is 14.0. The predicted molar refractivity (Wildman–Crippen MR) is 120 cm³/mol. The maximum absolute atomic E-state index is 12.8. The molecule has 164 valence electrons. The van der Waals surface area contributed by atoms with E-state index in [4.69, 9.17) is 13.6 Å². The molecule has 6 nitrogen and oxygen atoms in total. The molecule has 0 bridgehead atoms. The lowest BCUT2D eigenvalue weighted by Crippen LogP contribution is -2.40. The van der Waals surface area contributed by atoms with E-state index in [1.165, 1.54) is 6.07 Å². The zero-order valence-electron chi connectivity index (χ0n) is 19.0. The van der Waals surface area contributed by atoms with Crippen LogP contribution >= 0.6 is 0 Å². The molecule has 2 aromatic rings. The fourth-order valence-electron chi connectivity index (χ4n) is 2.41. The minimum absolute atomic E-state index is 0.0177. The van der Waals surface area contributed by atoms with Crippen molar-refractivity contribution in [2.45, 2.75) is 72.0 Å². The van der Waals surface area contributed by atoms with Gasteiger partial charge in [0.25, 0.3) is 5.91 Å². The summed E-state index contributed by atoms with van der Waals surface area (Å²) >= 11 is 0. The van der Waals surface area contributed by atoms with E-state index >= 15 is 0 Å². The molecule has 0 saturated carbocycles. The first-order chi connectivity index (χ1) is 13.9. The van der Waals surface area contributed by atoms with E-state index in [1.54, 1.807) is 0 Å². The molecule has 0 saturated heterocycles. The van der Waals surface area contributed by atoms with Crippen molar-refractivity contribution < 1.29 is 18.4 Å². The first kappa shape index (κ1) is 23.9. The lowest BCUT2D eigenvalue weighted by Gasteiger charge is -2.35. The summed E-state index contributed by atoms with van der Waals surface area (Å²) in [5, 5.41) is 2.78. The molecule has 1 heterocycles. The van der Waals surface area contributed by atoms with Crippen LogP contribution in [0.5, 0.6) is 5.75 Å². The highest BCUT2D eigenvalue weighted by atomic mass is 28.4. The number of benzene rings is 1. The number of amides is 1. The summed E-state index contributed by atoms with van der Waals surface area (Å²) in [5.74, 6) is -0.390. The third-order valence-electron chi connectivity index (χ3n) is 5.19. The standard InChI is InChI=1S/C23H33NO5Si/c1-16(2)24-22(26)21-20(27-14-17-11-9-8-10-12-17)19(25)13-18(29-21)15-28-30(6,7)23(3,4)5/h8-13,16H,14-15H2,1-7H3,(H,24,26). The number of nitrogens with one attached hydrogen (secondary N) is 1. The fraction of sp³-hybridized carbons (Fsp3) is 0.478. The summed E-state index contributed by atoms with van der Waals surface area (Å²) in [5.41, 5.74) is 0.484. The average Bonchev–Trinajstić information content (AvgIpc) is 2.64. The van der Waals surface area contributed by atoms with Gasteiger partial charge in [-0.3, -0.25) is 9.59 Å². The van der Waals surface area contributed by atoms with E-state index in [0.29, 0.717) is 5.76 Å². The van der Waals surface area contributed by atoms with Gasteiger partial charge in [0.2, 0.25) is 16.9 Å². The minimum Gasteiger partial charge on any atom is -0.481 e. The van der Waals surface area contributed by atoms with Gasteiger partial charge in [0.1, 0.15) is 12.4 Å². The van der Waals surface area contributed by atoms with Crippen LogP contribution in [0.25, 0.3) is 0 Å². The summed E-state index contributed by atoms with van der Waals surface area (Å²) in [6.07, 6.45) is 0. The Morgan fingerprint density at radius 1 is 1.13 bits per heavy atom. The third-order valence-corrected chi connectivity index (χ3v) is 9.67. The van der Waals surface area contributed by atoms with Crippen LogP contribution in [-0.4, -0.2) is 20.3 Å². The summed E-state index contributed by atoms with van der Waals surface area (Å²) < 4.78 is 17.7. The smallest absolute Gasteiger partial charge is 0.291 e. The highest BCUT2D eigenvalue weighted by molar-refractivity contribution is 6.74. The van der Waals surface area contributed by atoms with E-state index in [1.807, 2.05) is 44.2 Å². The predicted octanol–water partition coefficient (Wildman–Crippen LogP) is 4.88. The summed E-state index contributed by atoms with van der Waals surface area (Å²) in [4.78, 5) is 25.5. The highest BCUT2D eigenvalue weighted by Gasteiger charge is 2.37. The van der Waals surface area contributed by atoms with Crippen molar-refractivity contribution >= 4 is 14.2 Å². The molecule has 0 unspecified atom stereocenters. The minimum atomic E-state index is -2.04. The average molecular weight is 432 g/mol. The van der Waals surface area contributed by atoms with E-state index in [0.717, 1.165) is 5.56 Å². The van der Waals surface area contributed by atoms with Gasteiger partial charge in [-0.15, -0.1) is 0 Å². The van der Waals surface area contributed by atoms with Gasteiger partial charge in [0.15, 0.2) is 8.32 Å². The Morgan fingerprint density at radius 3 is 2.33 bits per heavy atom. The van der Waals surface area contributed by atoms with Crippen LogP contribution in [0.4, 0.5) is 0 Å². The summed E-state index contributed by atoms with van der Waals surface area (Å²) in [6.45, 7) is 14.6. The van der Waals surface area contributed by atoms with Gasteiger partial charge in [0.05, 0.1) is 6.61 Å².